The molecule has 1 unspecified atom stereocenters. The molecule has 0 radical (unpaired) electrons. The van der Waals surface area contributed by atoms with Crippen molar-refractivity contribution in [2.24, 2.45) is 0 Å². The van der Waals surface area contributed by atoms with E-state index < -0.39 is 6.10 Å². The molecule has 6 heteroatoms. The molecule has 1 atom stereocenters. The van der Waals surface area contributed by atoms with Crippen LogP contribution in [0.25, 0.3) is 0 Å². The SMILES string of the molecule is CC(Oc1ccccc1N)C(=O)Nc1cc(Cl)cc(Cl)c1. The Balaban J connectivity index is 2.04. The van der Waals surface area contributed by atoms with Crippen molar-refractivity contribution in [1.82, 2.24) is 0 Å². The van der Waals surface area contributed by atoms with Gasteiger partial charge in [-0.1, -0.05) is 35.3 Å². The number of carbonyl (C=O) groups is 1. The van der Waals surface area contributed by atoms with Crippen LogP contribution in [0.2, 0.25) is 10.0 Å². The fraction of sp³-hybridized carbons (Fsp3) is 0.133. The summed E-state index contributed by atoms with van der Waals surface area (Å²) < 4.78 is 5.54. The van der Waals surface area contributed by atoms with Crippen molar-refractivity contribution in [3.05, 3.63) is 52.5 Å². The number of nitrogens with one attached hydrogen (secondary N) is 1. The number of carbonyl (C=O) groups excluding carboxylic acids is 1. The van der Waals surface area contributed by atoms with E-state index in [1.54, 1.807) is 49.4 Å². The largest absolute Gasteiger partial charge is 0.479 e. The van der Waals surface area contributed by atoms with E-state index >= 15 is 0 Å². The number of halogens is 2. The molecule has 0 bridgehead atoms. The van der Waals surface area contributed by atoms with E-state index in [0.717, 1.165) is 0 Å². The van der Waals surface area contributed by atoms with Crippen molar-refractivity contribution in [3.63, 3.8) is 0 Å². The molecule has 0 fully saturated rings. The van der Waals surface area contributed by atoms with Gasteiger partial charge in [0.15, 0.2) is 6.10 Å². The number of amides is 1. The number of hydrogen-bond acceptors (Lipinski definition) is 3. The first kappa shape index (κ1) is 15.5. The minimum Gasteiger partial charge on any atom is -0.479 e. The van der Waals surface area contributed by atoms with Gasteiger partial charge in [0.1, 0.15) is 5.75 Å². The smallest absolute Gasteiger partial charge is 0.265 e. The zero-order chi connectivity index (χ0) is 15.4. The molecular formula is C15H14Cl2N2O2. The summed E-state index contributed by atoms with van der Waals surface area (Å²) in [5.41, 5.74) is 6.75. The zero-order valence-electron chi connectivity index (χ0n) is 11.3. The van der Waals surface area contributed by atoms with Gasteiger partial charge >= 0.3 is 0 Å². The van der Waals surface area contributed by atoms with Crippen LogP contribution in [0.3, 0.4) is 0 Å². The summed E-state index contributed by atoms with van der Waals surface area (Å²) in [6, 6.07) is 11.8. The van der Waals surface area contributed by atoms with Crippen LogP contribution in [0.4, 0.5) is 11.4 Å². The maximum absolute atomic E-state index is 12.1. The lowest BCUT2D eigenvalue weighted by molar-refractivity contribution is -0.122. The standard InChI is InChI=1S/C15H14Cl2N2O2/c1-9(21-14-5-3-2-4-13(14)18)15(20)19-12-7-10(16)6-11(17)8-12/h2-9H,18H2,1H3,(H,19,20). The molecule has 2 rings (SSSR count). The van der Waals surface area contributed by atoms with Gasteiger partial charge in [-0.2, -0.15) is 0 Å². The molecule has 2 aromatic carbocycles. The van der Waals surface area contributed by atoms with Gasteiger partial charge in [-0.3, -0.25) is 4.79 Å². The van der Waals surface area contributed by atoms with Gasteiger partial charge in [0.2, 0.25) is 0 Å². The van der Waals surface area contributed by atoms with E-state index in [9.17, 15) is 4.79 Å². The van der Waals surface area contributed by atoms with Crippen molar-refractivity contribution >= 4 is 40.5 Å². The molecule has 0 heterocycles. The first-order chi connectivity index (χ1) is 9.95. The molecule has 21 heavy (non-hydrogen) atoms. The quantitative estimate of drug-likeness (QED) is 0.836. The van der Waals surface area contributed by atoms with Crippen molar-refractivity contribution in [3.8, 4) is 5.75 Å². The van der Waals surface area contributed by atoms with Crippen molar-refractivity contribution < 1.29 is 9.53 Å². The first-order valence-corrected chi connectivity index (χ1v) is 6.99. The molecule has 0 aromatic heterocycles. The highest BCUT2D eigenvalue weighted by molar-refractivity contribution is 6.35. The van der Waals surface area contributed by atoms with Crippen LogP contribution in [0.5, 0.6) is 5.75 Å². The second-order valence-electron chi connectivity index (χ2n) is 4.45. The summed E-state index contributed by atoms with van der Waals surface area (Å²) in [5.74, 6) is 0.140. The molecular weight excluding hydrogens is 311 g/mol. The van der Waals surface area contributed by atoms with E-state index in [1.807, 2.05) is 0 Å². The van der Waals surface area contributed by atoms with Crippen molar-refractivity contribution in [2.45, 2.75) is 13.0 Å². The van der Waals surface area contributed by atoms with Crippen LogP contribution in [0, 0.1) is 0 Å². The molecule has 1 amide bonds. The van der Waals surface area contributed by atoms with Crippen LogP contribution >= 0.6 is 23.2 Å². The maximum Gasteiger partial charge on any atom is 0.265 e. The Hall–Kier alpha value is -1.91. The average Bonchev–Trinajstić information content (AvgIpc) is 2.40. The van der Waals surface area contributed by atoms with Crippen LogP contribution < -0.4 is 15.8 Å². The summed E-state index contributed by atoms with van der Waals surface area (Å²) in [5, 5.41) is 3.58. The predicted molar refractivity (Wildman–Crippen MR) is 86.0 cm³/mol. The predicted octanol–water partition coefficient (Wildman–Crippen LogP) is 3.98. The van der Waals surface area contributed by atoms with E-state index in [1.165, 1.54) is 0 Å². The Bertz CT molecular complexity index is 642. The van der Waals surface area contributed by atoms with Gasteiger partial charge in [-0.15, -0.1) is 0 Å². The fourth-order valence-corrected chi connectivity index (χ4v) is 2.23. The maximum atomic E-state index is 12.1. The van der Waals surface area contributed by atoms with Crippen LogP contribution in [0.15, 0.2) is 42.5 Å². The number of ether oxygens (including phenoxy) is 1. The molecule has 0 aliphatic rings. The third-order valence-electron chi connectivity index (χ3n) is 2.72. The lowest BCUT2D eigenvalue weighted by Crippen LogP contribution is -2.30. The minimum absolute atomic E-state index is 0.323. The number of anilines is 2. The van der Waals surface area contributed by atoms with Crippen LogP contribution in [0.1, 0.15) is 6.92 Å². The van der Waals surface area contributed by atoms with Gasteiger partial charge in [0.05, 0.1) is 5.69 Å². The van der Waals surface area contributed by atoms with Crippen LogP contribution in [-0.4, -0.2) is 12.0 Å². The fourth-order valence-electron chi connectivity index (χ4n) is 1.70. The second-order valence-corrected chi connectivity index (χ2v) is 5.32. The molecule has 4 nitrogen and oxygen atoms in total. The Morgan fingerprint density at radius 3 is 2.43 bits per heavy atom. The monoisotopic (exact) mass is 324 g/mol. The van der Waals surface area contributed by atoms with Gasteiger partial charge in [0.25, 0.3) is 5.91 Å². The Kier molecular flexibility index (Phi) is 4.94. The zero-order valence-corrected chi connectivity index (χ0v) is 12.8. The summed E-state index contributed by atoms with van der Waals surface area (Å²) in [4.78, 5) is 12.1. The van der Waals surface area contributed by atoms with Crippen molar-refractivity contribution in [1.29, 1.82) is 0 Å². The number of hydrogen-bond donors (Lipinski definition) is 2. The molecule has 0 aliphatic carbocycles. The number of rotatable bonds is 4. The van der Waals surface area contributed by atoms with E-state index in [2.05, 4.69) is 5.32 Å². The number of nitrogens with two attached hydrogens (primary N) is 1. The summed E-state index contributed by atoms with van der Waals surface area (Å²) in [7, 11) is 0. The summed E-state index contributed by atoms with van der Waals surface area (Å²) >= 11 is 11.8. The molecule has 110 valence electrons. The lowest BCUT2D eigenvalue weighted by atomic mass is 10.2. The van der Waals surface area contributed by atoms with E-state index in [4.69, 9.17) is 33.7 Å². The molecule has 3 N–H and O–H groups in total. The number of para-hydroxylation sites is 2. The molecule has 0 saturated carbocycles. The third-order valence-corrected chi connectivity index (χ3v) is 3.16. The molecule has 0 saturated heterocycles. The summed E-state index contributed by atoms with van der Waals surface area (Å²) in [6.07, 6.45) is -0.715. The highest BCUT2D eigenvalue weighted by Crippen LogP contribution is 2.24. The Labute approximate surface area is 132 Å². The first-order valence-electron chi connectivity index (χ1n) is 6.24. The molecule has 2 aromatic rings. The Morgan fingerprint density at radius 1 is 1.19 bits per heavy atom. The van der Waals surface area contributed by atoms with Crippen molar-refractivity contribution in [2.75, 3.05) is 11.1 Å². The second kappa shape index (κ2) is 6.70. The number of benzene rings is 2. The van der Waals surface area contributed by atoms with Gasteiger partial charge in [-0.25, -0.2) is 0 Å². The topological polar surface area (TPSA) is 64.3 Å². The lowest BCUT2D eigenvalue weighted by Gasteiger charge is -2.16. The van der Waals surface area contributed by atoms with Gasteiger partial charge in [-0.05, 0) is 37.3 Å². The highest BCUT2D eigenvalue weighted by Gasteiger charge is 2.16. The van der Waals surface area contributed by atoms with Gasteiger partial charge in [0, 0.05) is 15.7 Å². The third kappa shape index (κ3) is 4.28. The highest BCUT2D eigenvalue weighted by atomic mass is 35.5. The normalized spacial score (nSPS) is 11.8. The van der Waals surface area contributed by atoms with E-state index in [0.29, 0.717) is 27.2 Å². The molecule has 0 aliphatic heterocycles. The van der Waals surface area contributed by atoms with Crippen LogP contribution in [-0.2, 0) is 4.79 Å². The molecule has 0 spiro atoms. The van der Waals surface area contributed by atoms with Gasteiger partial charge < -0.3 is 15.8 Å². The summed E-state index contributed by atoms with van der Waals surface area (Å²) in [6.45, 7) is 1.63. The number of nitrogen functional groups attached to an aromatic ring is 1. The van der Waals surface area contributed by atoms with E-state index in [-0.39, 0.29) is 5.91 Å². The Morgan fingerprint density at radius 2 is 1.81 bits per heavy atom. The minimum atomic E-state index is -0.715. The average molecular weight is 325 g/mol.